The summed E-state index contributed by atoms with van der Waals surface area (Å²) in [7, 11) is 0. The predicted octanol–water partition coefficient (Wildman–Crippen LogP) is 1.91. The molecule has 0 bridgehead atoms. The first-order chi connectivity index (χ1) is 7.29. The van der Waals surface area contributed by atoms with Gasteiger partial charge < -0.3 is 10.2 Å². The summed E-state index contributed by atoms with van der Waals surface area (Å²) in [5.74, 6) is 0.200. The van der Waals surface area contributed by atoms with Crippen molar-refractivity contribution in [3.63, 3.8) is 0 Å². The quantitative estimate of drug-likeness (QED) is 0.837. The highest BCUT2D eigenvalue weighted by Gasteiger charge is 2.19. The molecule has 0 aliphatic carbocycles. The fourth-order valence-electron chi connectivity index (χ4n) is 1.78. The Labute approximate surface area is 106 Å². The van der Waals surface area contributed by atoms with Crippen molar-refractivity contribution < 1.29 is 4.79 Å². The molecule has 1 aromatic heterocycles. The molecule has 90 valence electrons. The average Bonchev–Trinajstić information content (AvgIpc) is 2.53. The highest BCUT2D eigenvalue weighted by Crippen LogP contribution is 2.18. The molecule has 2 heterocycles. The first kappa shape index (κ1) is 13.5. The van der Waals surface area contributed by atoms with Gasteiger partial charge in [0.1, 0.15) is 0 Å². The van der Waals surface area contributed by atoms with E-state index >= 15 is 0 Å². The normalized spacial score (nSPS) is 16.4. The summed E-state index contributed by atoms with van der Waals surface area (Å²) in [4.78, 5) is 15.0. The monoisotopic (exact) mass is 260 g/mol. The third-order valence-corrected chi connectivity index (χ3v) is 3.69. The molecule has 0 radical (unpaired) electrons. The van der Waals surface area contributed by atoms with Crippen molar-refractivity contribution in [3.05, 3.63) is 21.9 Å². The summed E-state index contributed by atoms with van der Waals surface area (Å²) in [5, 5.41) is 5.29. The fraction of sp³-hybridized carbons (Fsp3) is 0.545. The van der Waals surface area contributed by atoms with Crippen LogP contribution in [0.1, 0.15) is 21.7 Å². The van der Waals surface area contributed by atoms with E-state index in [-0.39, 0.29) is 18.3 Å². The maximum absolute atomic E-state index is 12.1. The third kappa shape index (κ3) is 2.97. The summed E-state index contributed by atoms with van der Waals surface area (Å²) >= 11 is 1.55. The molecule has 1 aromatic rings. The highest BCUT2D eigenvalue weighted by molar-refractivity contribution is 7.12. The number of hydrogen-bond acceptors (Lipinski definition) is 3. The van der Waals surface area contributed by atoms with E-state index < -0.39 is 0 Å². The second-order valence-corrected chi connectivity index (χ2v) is 4.74. The molecule has 0 unspecified atom stereocenters. The number of rotatable bonds is 1. The van der Waals surface area contributed by atoms with E-state index in [1.165, 1.54) is 0 Å². The average molecular weight is 261 g/mol. The molecule has 16 heavy (non-hydrogen) atoms. The second-order valence-electron chi connectivity index (χ2n) is 3.83. The number of halogens is 1. The van der Waals surface area contributed by atoms with Crippen LogP contribution in [0, 0.1) is 6.92 Å². The molecule has 1 N–H and O–H groups in total. The van der Waals surface area contributed by atoms with Crippen LogP contribution in [0.5, 0.6) is 0 Å². The molecular weight excluding hydrogens is 244 g/mol. The molecule has 1 fully saturated rings. The minimum Gasteiger partial charge on any atom is -0.337 e. The Morgan fingerprint density at radius 2 is 2.25 bits per heavy atom. The Kier molecular flexibility index (Phi) is 5.25. The first-order valence-corrected chi connectivity index (χ1v) is 6.21. The molecule has 0 atom stereocenters. The Morgan fingerprint density at radius 3 is 2.94 bits per heavy atom. The van der Waals surface area contributed by atoms with Crippen molar-refractivity contribution in [1.29, 1.82) is 0 Å². The lowest BCUT2D eigenvalue weighted by atomic mass is 10.2. The van der Waals surface area contributed by atoms with Gasteiger partial charge in [0.15, 0.2) is 0 Å². The molecule has 2 rings (SSSR count). The van der Waals surface area contributed by atoms with Crippen molar-refractivity contribution in [2.75, 3.05) is 26.2 Å². The fourth-order valence-corrected chi connectivity index (χ4v) is 2.68. The van der Waals surface area contributed by atoms with Crippen LogP contribution in [-0.2, 0) is 0 Å². The van der Waals surface area contributed by atoms with Gasteiger partial charge in [-0.15, -0.1) is 23.7 Å². The van der Waals surface area contributed by atoms with Crippen molar-refractivity contribution in [1.82, 2.24) is 10.2 Å². The van der Waals surface area contributed by atoms with Crippen molar-refractivity contribution >= 4 is 29.7 Å². The van der Waals surface area contributed by atoms with E-state index in [4.69, 9.17) is 0 Å². The number of hydrogen-bond donors (Lipinski definition) is 1. The zero-order chi connectivity index (χ0) is 10.7. The molecule has 0 spiro atoms. The van der Waals surface area contributed by atoms with Crippen LogP contribution in [0.25, 0.3) is 0 Å². The molecule has 0 saturated carbocycles. The summed E-state index contributed by atoms with van der Waals surface area (Å²) in [6, 6.07) is 2.01. The first-order valence-electron chi connectivity index (χ1n) is 5.33. The molecule has 5 heteroatoms. The Hall–Kier alpha value is -0.580. The van der Waals surface area contributed by atoms with Gasteiger partial charge in [-0.25, -0.2) is 0 Å². The van der Waals surface area contributed by atoms with E-state index in [0.717, 1.165) is 43.0 Å². The van der Waals surface area contributed by atoms with E-state index in [0.29, 0.717) is 0 Å². The lowest BCUT2D eigenvalue weighted by Gasteiger charge is -2.19. The molecule has 0 aromatic carbocycles. The van der Waals surface area contributed by atoms with Gasteiger partial charge in [-0.2, -0.15) is 0 Å². The van der Waals surface area contributed by atoms with Gasteiger partial charge in [0.05, 0.1) is 4.88 Å². The minimum atomic E-state index is 0. The lowest BCUT2D eigenvalue weighted by Crippen LogP contribution is -2.34. The summed E-state index contributed by atoms with van der Waals surface area (Å²) in [5.41, 5.74) is 1.10. The van der Waals surface area contributed by atoms with Gasteiger partial charge in [-0.3, -0.25) is 4.79 Å². The second kappa shape index (κ2) is 6.23. The summed E-state index contributed by atoms with van der Waals surface area (Å²) < 4.78 is 0. The van der Waals surface area contributed by atoms with Crippen LogP contribution in [0.15, 0.2) is 11.4 Å². The summed E-state index contributed by atoms with van der Waals surface area (Å²) in [6.07, 6.45) is 1.05. The van der Waals surface area contributed by atoms with Gasteiger partial charge in [0, 0.05) is 19.6 Å². The molecule has 3 nitrogen and oxygen atoms in total. The van der Waals surface area contributed by atoms with E-state index in [1.807, 2.05) is 23.3 Å². The zero-order valence-corrected chi connectivity index (χ0v) is 11.0. The Morgan fingerprint density at radius 1 is 1.44 bits per heavy atom. The van der Waals surface area contributed by atoms with Crippen LogP contribution in [0.4, 0.5) is 0 Å². The molecule has 1 aliphatic rings. The van der Waals surface area contributed by atoms with Crippen molar-refractivity contribution in [2.24, 2.45) is 0 Å². The number of thiophene rings is 1. The van der Waals surface area contributed by atoms with Gasteiger partial charge in [-0.05, 0) is 36.9 Å². The van der Waals surface area contributed by atoms with E-state index in [9.17, 15) is 4.79 Å². The van der Waals surface area contributed by atoms with Crippen molar-refractivity contribution in [3.8, 4) is 0 Å². The van der Waals surface area contributed by atoms with Crippen molar-refractivity contribution in [2.45, 2.75) is 13.3 Å². The molecule has 1 amide bonds. The van der Waals surface area contributed by atoms with Crippen LogP contribution in [0.2, 0.25) is 0 Å². The number of nitrogens with one attached hydrogen (secondary N) is 1. The lowest BCUT2D eigenvalue weighted by molar-refractivity contribution is 0.0770. The predicted molar refractivity (Wildman–Crippen MR) is 69.7 cm³/mol. The maximum Gasteiger partial charge on any atom is 0.264 e. The van der Waals surface area contributed by atoms with Gasteiger partial charge >= 0.3 is 0 Å². The topological polar surface area (TPSA) is 32.3 Å². The van der Waals surface area contributed by atoms with E-state index in [1.54, 1.807) is 11.3 Å². The SMILES string of the molecule is Cc1ccsc1C(=O)N1CCCNCC1.Cl. The molecule has 1 saturated heterocycles. The number of carbonyl (C=O) groups excluding carboxylic acids is 1. The Balaban J connectivity index is 0.00000128. The maximum atomic E-state index is 12.1. The number of aryl methyl sites for hydroxylation is 1. The smallest absolute Gasteiger partial charge is 0.264 e. The van der Waals surface area contributed by atoms with Crippen LogP contribution >= 0.6 is 23.7 Å². The van der Waals surface area contributed by atoms with Crippen LogP contribution < -0.4 is 5.32 Å². The summed E-state index contributed by atoms with van der Waals surface area (Å²) in [6.45, 7) is 5.64. The standard InChI is InChI=1S/C11H16N2OS.ClH/c1-9-3-8-15-10(9)11(14)13-6-2-4-12-5-7-13;/h3,8,12H,2,4-7H2,1H3;1H. The zero-order valence-electron chi connectivity index (χ0n) is 9.36. The van der Waals surface area contributed by atoms with Gasteiger partial charge in [-0.1, -0.05) is 0 Å². The van der Waals surface area contributed by atoms with Gasteiger partial charge in [0.25, 0.3) is 5.91 Å². The number of amides is 1. The van der Waals surface area contributed by atoms with Crippen LogP contribution in [-0.4, -0.2) is 37.0 Å². The molecular formula is C11H17ClN2OS. The highest BCUT2D eigenvalue weighted by atomic mass is 35.5. The van der Waals surface area contributed by atoms with E-state index in [2.05, 4.69) is 5.32 Å². The largest absolute Gasteiger partial charge is 0.337 e. The van der Waals surface area contributed by atoms with Gasteiger partial charge in [0.2, 0.25) is 0 Å². The number of nitrogens with zero attached hydrogens (tertiary/aromatic N) is 1. The third-order valence-electron chi connectivity index (χ3n) is 2.68. The minimum absolute atomic E-state index is 0. The van der Waals surface area contributed by atoms with Crippen LogP contribution in [0.3, 0.4) is 0 Å². The molecule has 1 aliphatic heterocycles. The number of carbonyl (C=O) groups is 1. The Bertz CT molecular complexity index is 346.